The molecule has 1 fully saturated rings. The Morgan fingerprint density at radius 1 is 0.584 bits per heavy atom. The van der Waals surface area contributed by atoms with Gasteiger partial charge in [0.15, 0.2) is 0 Å². The zero-order valence-electron chi connectivity index (χ0n) is 43.8. The molecule has 0 unspecified atom stereocenters. The first kappa shape index (κ1) is 57.7. The molecule has 0 heterocycles. The number of ether oxygens (including phenoxy) is 1. The molecule has 7 rings (SSSR count). The quantitative estimate of drug-likeness (QED) is 0.0125. The first-order valence-electron chi connectivity index (χ1n) is 26.0. The van der Waals surface area contributed by atoms with Gasteiger partial charge in [0.05, 0.1) is 40.1 Å². The number of hydrogen-bond donors (Lipinski definition) is 6. The lowest BCUT2D eigenvalue weighted by Crippen LogP contribution is -2.58. The molecule has 6 aromatic rings. The highest BCUT2D eigenvalue weighted by molar-refractivity contribution is 8.00. The number of hydrogen-bond acceptors (Lipinski definition) is 10. The number of aliphatic hydroxyl groups excluding tert-OH is 2. The van der Waals surface area contributed by atoms with Crippen LogP contribution in [0.25, 0.3) is 0 Å². The Bertz CT molecular complexity index is 2690. The molecule has 0 bridgehead atoms. The van der Waals surface area contributed by atoms with Crippen LogP contribution in [-0.4, -0.2) is 91.9 Å². The summed E-state index contributed by atoms with van der Waals surface area (Å²) in [5, 5.41) is 40.3. The number of carboxylic acid groups (broad SMARTS) is 1. The van der Waals surface area contributed by atoms with Gasteiger partial charge in [-0.05, 0) is 85.6 Å². The maximum absolute atomic E-state index is 14.7. The number of thioether (sulfide) groups is 2. The van der Waals surface area contributed by atoms with E-state index in [-0.39, 0.29) is 18.6 Å². The van der Waals surface area contributed by atoms with Crippen molar-refractivity contribution in [2.24, 2.45) is 0 Å². The lowest BCUT2D eigenvalue weighted by atomic mass is 9.84. The normalized spacial score (nSPS) is 14.8. The van der Waals surface area contributed by atoms with Crippen LogP contribution in [0.2, 0.25) is 0 Å². The third kappa shape index (κ3) is 15.4. The molecular formula is C63H69N3O9S2. The van der Waals surface area contributed by atoms with Crippen LogP contribution >= 0.6 is 23.5 Å². The van der Waals surface area contributed by atoms with Gasteiger partial charge in [-0.25, -0.2) is 0 Å². The number of carboxylic acids is 1. The van der Waals surface area contributed by atoms with Gasteiger partial charge in [-0.1, -0.05) is 194 Å². The van der Waals surface area contributed by atoms with Gasteiger partial charge in [0.2, 0.25) is 17.7 Å². The molecule has 0 radical (unpaired) electrons. The standard InChI is InChI=1S/C63H69N3O9S2/c1-60(2,3)75-57(72)38-37-52(64-55(69)42-51(67)36-22-23-41-76-62(45-24-10-4-11-25-45,46-26-12-5-13-27-46)47-28-14-6-15-29-47)58(73)65-53(59(74)66-61(39-40-61)54(68)43-56(70)71)44-77-63(48-30-16-7-17-31-48,49-32-18-8-19-33-49)50-34-20-9-21-35-50/h4-22,24-36,51-54,67-68H,23,37-44H2,1-3H3,(H,64,69)(H,65,73)(H,66,74)(H,70,71)/b36-22+/t51-,52-,53-,54+/m1/s1. The molecule has 6 aromatic carbocycles. The van der Waals surface area contributed by atoms with E-state index in [1.54, 1.807) is 38.6 Å². The first-order valence-corrected chi connectivity index (χ1v) is 28.0. The van der Waals surface area contributed by atoms with Gasteiger partial charge in [0.25, 0.3) is 0 Å². The molecule has 12 nitrogen and oxygen atoms in total. The molecule has 1 aliphatic rings. The SMILES string of the molecule is CC(C)(C)OC(=O)CC[C@@H](NC(=O)C[C@H](O)/C=C/CCSC(c1ccccc1)(c1ccccc1)c1ccccc1)C(=O)N[C@H](CSC(c1ccccc1)(c1ccccc1)c1ccccc1)C(=O)NC1([C@@H](O)CC(=O)O)CC1. The van der Waals surface area contributed by atoms with Crippen molar-refractivity contribution < 1.29 is 44.0 Å². The van der Waals surface area contributed by atoms with Crippen LogP contribution in [0.5, 0.6) is 0 Å². The average Bonchev–Trinajstić information content (AvgIpc) is 4.29. The van der Waals surface area contributed by atoms with Crippen LogP contribution in [0.1, 0.15) is 99.1 Å². The smallest absolute Gasteiger partial charge is 0.306 e. The molecule has 77 heavy (non-hydrogen) atoms. The Morgan fingerprint density at radius 3 is 1.39 bits per heavy atom. The second kappa shape index (κ2) is 26.9. The van der Waals surface area contributed by atoms with E-state index < -0.39 is 87.4 Å². The first-order chi connectivity index (χ1) is 37.0. The third-order valence-corrected chi connectivity index (χ3v) is 16.6. The number of carbonyl (C=O) groups is 5. The van der Waals surface area contributed by atoms with E-state index in [2.05, 4.69) is 52.3 Å². The van der Waals surface area contributed by atoms with Crippen molar-refractivity contribution in [1.29, 1.82) is 0 Å². The monoisotopic (exact) mass is 1080 g/mol. The maximum Gasteiger partial charge on any atom is 0.306 e. The summed E-state index contributed by atoms with van der Waals surface area (Å²) in [7, 11) is 0. The fourth-order valence-electron chi connectivity index (χ4n) is 9.54. The minimum absolute atomic E-state index is 0.0426. The van der Waals surface area contributed by atoms with E-state index in [4.69, 9.17) is 4.74 Å². The number of allylic oxidation sites excluding steroid dienone is 1. The lowest BCUT2D eigenvalue weighted by molar-refractivity contribution is -0.155. The Kier molecular flexibility index (Phi) is 20.1. The topological polar surface area (TPSA) is 191 Å². The van der Waals surface area contributed by atoms with Gasteiger partial charge in [-0.3, -0.25) is 24.0 Å². The van der Waals surface area contributed by atoms with E-state index in [1.807, 2.05) is 152 Å². The van der Waals surface area contributed by atoms with Crippen LogP contribution < -0.4 is 16.0 Å². The molecule has 4 atom stereocenters. The second-order valence-electron chi connectivity index (χ2n) is 20.3. The number of aliphatic hydroxyl groups is 2. The molecule has 0 aromatic heterocycles. The molecule has 0 aliphatic heterocycles. The summed E-state index contributed by atoms with van der Waals surface area (Å²) >= 11 is 3.18. The number of amides is 3. The van der Waals surface area contributed by atoms with Crippen molar-refractivity contribution in [3.8, 4) is 0 Å². The van der Waals surface area contributed by atoms with Gasteiger partial charge >= 0.3 is 11.9 Å². The fourth-order valence-corrected chi connectivity index (χ4v) is 12.6. The molecule has 14 heteroatoms. The zero-order valence-corrected chi connectivity index (χ0v) is 45.4. The molecular weight excluding hydrogens is 1010 g/mol. The Labute approximate surface area is 460 Å². The number of nitrogens with one attached hydrogen (secondary N) is 3. The van der Waals surface area contributed by atoms with E-state index in [0.717, 1.165) is 33.4 Å². The molecule has 0 saturated heterocycles. The number of aliphatic carboxylic acids is 1. The molecule has 0 spiro atoms. The number of esters is 1. The summed E-state index contributed by atoms with van der Waals surface area (Å²) in [4.78, 5) is 68.1. The minimum Gasteiger partial charge on any atom is -0.481 e. The molecule has 3 amide bonds. The summed E-state index contributed by atoms with van der Waals surface area (Å²) in [5.74, 6) is -3.32. The van der Waals surface area contributed by atoms with Crippen molar-refractivity contribution >= 4 is 53.2 Å². The summed E-state index contributed by atoms with van der Waals surface area (Å²) < 4.78 is 4.11. The summed E-state index contributed by atoms with van der Waals surface area (Å²) in [5.41, 5.74) is 4.03. The van der Waals surface area contributed by atoms with Crippen LogP contribution in [0.15, 0.2) is 194 Å². The number of benzene rings is 6. The largest absolute Gasteiger partial charge is 0.481 e. The predicted molar refractivity (Wildman–Crippen MR) is 305 cm³/mol. The van der Waals surface area contributed by atoms with Crippen LogP contribution in [0.3, 0.4) is 0 Å². The highest BCUT2D eigenvalue weighted by Crippen LogP contribution is 2.50. The summed E-state index contributed by atoms with van der Waals surface area (Å²) in [6, 6.07) is 57.7. The van der Waals surface area contributed by atoms with Gasteiger partial charge in [-0.15, -0.1) is 23.5 Å². The Balaban J connectivity index is 1.11. The van der Waals surface area contributed by atoms with Crippen LogP contribution in [0, 0.1) is 0 Å². The summed E-state index contributed by atoms with van der Waals surface area (Å²) in [6.45, 7) is 5.16. The summed E-state index contributed by atoms with van der Waals surface area (Å²) in [6.07, 6.45) is 0.533. The molecule has 6 N–H and O–H groups in total. The van der Waals surface area contributed by atoms with Crippen molar-refractivity contribution in [3.05, 3.63) is 228 Å². The zero-order chi connectivity index (χ0) is 54.9. The lowest BCUT2D eigenvalue weighted by Gasteiger charge is -2.37. The predicted octanol–water partition coefficient (Wildman–Crippen LogP) is 9.71. The van der Waals surface area contributed by atoms with Gasteiger partial charge in [-0.2, -0.15) is 0 Å². The second-order valence-corrected chi connectivity index (χ2v) is 22.8. The van der Waals surface area contributed by atoms with Crippen molar-refractivity contribution in [1.82, 2.24) is 16.0 Å². The highest BCUT2D eigenvalue weighted by atomic mass is 32.2. The molecule has 1 saturated carbocycles. The van der Waals surface area contributed by atoms with Crippen molar-refractivity contribution in [2.45, 2.75) is 111 Å². The van der Waals surface area contributed by atoms with Crippen LogP contribution in [0.4, 0.5) is 0 Å². The highest BCUT2D eigenvalue weighted by Gasteiger charge is 2.52. The van der Waals surface area contributed by atoms with Gasteiger partial charge in [0.1, 0.15) is 17.7 Å². The number of rotatable bonds is 27. The fraction of sp³-hybridized carbons (Fsp3) is 0.317. The Morgan fingerprint density at radius 2 is 1.00 bits per heavy atom. The van der Waals surface area contributed by atoms with Crippen molar-refractivity contribution in [3.63, 3.8) is 0 Å². The third-order valence-electron chi connectivity index (χ3n) is 13.4. The van der Waals surface area contributed by atoms with Gasteiger partial charge in [0, 0.05) is 12.2 Å². The van der Waals surface area contributed by atoms with Gasteiger partial charge < -0.3 is 36.0 Å². The molecule has 402 valence electrons. The van der Waals surface area contributed by atoms with E-state index >= 15 is 0 Å². The molecule has 1 aliphatic carbocycles. The number of carbonyl (C=O) groups excluding carboxylic acids is 4. The van der Waals surface area contributed by atoms with E-state index in [9.17, 15) is 39.3 Å². The van der Waals surface area contributed by atoms with E-state index in [1.165, 1.54) is 11.8 Å². The average molecular weight is 1080 g/mol. The van der Waals surface area contributed by atoms with Crippen molar-refractivity contribution in [2.75, 3.05) is 11.5 Å². The Hall–Kier alpha value is -6.97. The van der Waals surface area contributed by atoms with E-state index in [0.29, 0.717) is 25.0 Å². The van der Waals surface area contributed by atoms with Crippen LogP contribution in [-0.2, 0) is 38.2 Å². The minimum atomic E-state index is -1.39. The maximum atomic E-state index is 14.7.